The third kappa shape index (κ3) is 4.11. The molecule has 1 heterocycles. The van der Waals surface area contributed by atoms with E-state index >= 15 is 0 Å². The van der Waals surface area contributed by atoms with Gasteiger partial charge in [-0.15, -0.1) is 0 Å². The number of hydrogen-bond donors (Lipinski definition) is 2. The third-order valence-corrected chi connectivity index (χ3v) is 3.35. The Hall–Kier alpha value is -2.28. The van der Waals surface area contributed by atoms with Gasteiger partial charge in [0.25, 0.3) is 5.91 Å². The molecule has 1 amide bonds. The number of nitrogens with one attached hydrogen (secondary N) is 1. The van der Waals surface area contributed by atoms with Gasteiger partial charge in [0.2, 0.25) is 0 Å². The van der Waals surface area contributed by atoms with Crippen molar-refractivity contribution in [1.82, 2.24) is 5.32 Å². The lowest BCUT2D eigenvalue weighted by molar-refractivity contribution is -0.125. The molecule has 2 rings (SSSR count). The fourth-order valence-electron chi connectivity index (χ4n) is 1.77. The monoisotopic (exact) mass is 367 g/mol. The van der Waals surface area contributed by atoms with Gasteiger partial charge in [0.05, 0.1) is 12.3 Å². The second-order valence-corrected chi connectivity index (χ2v) is 5.46. The second kappa shape index (κ2) is 7.13. The SMILES string of the molecule is C[C@@H](NC(=O)COC(=O)c1cc(Br)ccc1O)c1ccco1. The van der Waals surface area contributed by atoms with Crippen molar-refractivity contribution in [2.75, 3.05) is 6.61 Å². The predicted octanol–water partition coefficient (Wildman–Crippen LogP) is 2.78. The zero-order valence-corrected chi connectivity index (χ0v) is 13.3. The number of carbonyl (C=O) groups excluding carboxylic acids is 2. The number of furan rings is 1. The van der Waals surface area contributed by atoms with E-state index in [1.54, 1.807) is 25.1 Å². The van der Waals surface area contributed by atoms with Crippen molar-refractivity contribution in [2.45, 2.75) is 13.0 Å². The lowest BCUT2D eigenvalue weighted by Gasteiger charge is -2.12. The average molecular weight is 368 g/mol. The number of hydrogen-bond acceptors (Lipinski definition) is 5. The summed E-state index contributed by atoms with van der Waals surface area (Å²) in [6.07, 6.45) is 1.51. The number of esters is 1. The molecule has 1 aromatic carbocycles. The van der Waals surface area contributed by atoms with Crippen molar-refractivity contribution in [2.24, 2.45) is 0 Å². The first kappa shape index (κ1) is 16.1. The van der Waals surface area contributed by atoms with E-state index in [-0.39, 0.29) is 17.4 Å². The molecule has 0 radical (unpaired) electrons. The van der Waals surface area contributed by atoms with E-state index in [0.717, 1.165) is 0 Å². The first-order chi connectivity index (χ1) is 10.5. The van der Waals surface area contributed by atoms with Gasteiger partial charge < -0.3 is 19.6 Å². The zero-order chi connectivity index (χ0) is 16.1. The highest BCUT2D eigenvalue weighted by Gasteiger charge is 2.16. The van der Waals surface area contributed by atoms with E-state index in [1.807, 2.05) is 0 Å². The van der Waals surface area contributed by atoms with Gasteiger partial charge >= 0.3 is 5.97 Å². The van der Waals surface area contributed by atoms with Crippen molar-refractivity contribution < 1.29 is 23.8 Å². The van der Waals surface area contributed by atoms with Gasteiger partial charge in [0, 0.05) is 4.47 Å². The van der Waals surface area contributed by atoms with Gasteiger partial charge in [-0.3, -0.25) is 4.79 Å². The number of carbonyl (C=O) groups is 2. The summed E-state index contributed by atoms with van der Waals surface area (Å²) < 4.78 is 10.7. The first-order valence-electron chi connectivity index (χ1n) is 6.46. The molecule has 0 saturated carbocycles. The molecule has 2 aromatic rings. The normalized spacial score (nSPS) is 11.7. The summed E-state index contributed by atoms with van der Waals surface area (Å²) in [5.74, 6) is -0.854. The number of phenols is 1. The van der Waals surface area contributed by atoms with Gasteiger partial charge in [0.15, 0.2) is 6.61 Å². The molecule has 0 bridgehead atoms. The molecule has 0 unspecified atom stereocenters. The molecule has 0 saturated heterocycles. The van der Waals surface area contributed by atoms with Gasteiger partial charge in [-0.1, -0.05) is 15.9 Å². The van der Waals surface area contributed by atoms with E-state index < -0.39 is 18.5 Å². The Kier molecular flexibility index (Phi) is 5.21. The van der Waals surface area contributed by atoms with Gasteiger partial charge in [-0.05, 0) is 37.3 Å². The Morgan fingerprint density at radius 1 is 1.41 bits per heavy atom. The van der Waals surface area contributed by atoms with Crippen LogP contribution in [0.1, 0.15) is 29.1 Å². The van der Waals surface area contributed by atoms with E-state index in [1.165, 1.54) is 18.4 Å². The van der Waals surface area contributed by atoms with Gasteiger partial charge in [-0.2, -0.15) is 0 Å². The number of aromatic hydroxyl groups is 1. The van der Waals surface area contributed by atoms with Crippen LogP contribution in [0.25, 0.3) is 0 Å². The standard InChI is InChI=1S/C15H14BrNO5/c1-9(13-3-2-6-21-13)17-14(19)8-22-15(20)11-7-10(16)4-5-12(11)18/h2-7,9,18H,8H2,1H3,(H,17,19)/t9-/m1/s1. The van der Waals surface area contributed by atoms with Crippen LogP contribution in [0.3, 0.4) is 0 Å². The molecule has 0 aliphatic carbocycles. The highest BCUT2D eigenvalue weighted by atomic mass is 79.9. The summed E-state index contributed by atoms with van der Waals surface area (Å²) in [5, 5.41) is 12.2. The van der Waals surface area contributed by atoms with Crippen LogP contribution in [-0.4, -0.2) is 23.6 Å². The van der Waals surface area contributed by atoms with E-state index in [4.69, 9.17) is 9.15 Å². The van der Waals surface area contributed by atoms with Crippen LogP contribution < -0.4 is 5.32 Å². The average Bonchev–Trinajstić information content (AvgIpc) is 3.01. The maximum Gasteiger partial charge on any atom is 0.342 e. The Morgan fingerprint density at radius 3 is 2.86 bits per heavy atom. The fourth-order valence-corrected chi connectivity index (χ4v) is 2.13. The van der Waals surface area contributed by atoms with Crippen LogP contribution in [0.4, 0.5) is 0 Å². The zero-order valence-electron chi connectivity index (χ0n) is 11.7. The third-order valence-electron chi connectivity index (χ3n) is 2.86. The first-order valence-corrected chi connectivity index (χ1v) is 7.25. The summed E-state index contributed by atoms with van der Waals surface area (Å²) in [5.41, 5.74) is -0.0127. The summed E-state index contributed by atoms with van der Waals surface area (Å²) in [4.78, 5) is 23.6. The van der Waals surface area contributed by atoms with Crippen molar-refractivity contribution in [3.8, 4) is 5.75 Å². The molecular weight excluding hydrogens is 354 g/mol. The minimum absolute atomic E-state index is 0.0127. The molecule has 0 aliphatic rings. The molecule has 22 heavy (non-hydrogen) atoms. The quantitative estimate of drug-likeness (QED) is 0.793. The molecule has 6 nitrogen and oxygen atoms in total. The van der Waals surface area contributed by atoms with Gasteiger partial charge in [0.1, 0.15) is 17.1 Å². The van der Waals surface area contributed by atoms with Crippen LogP contribution >= 0.6 is 15.9 Å². The van der Waals surface area contributed by atoms with Crippen LogP contribution in [-0.2, 0) is 9.53 Å². The topological polar surface area (TPSA) is 88.8 Å². The van der Waals surface area contributed by atoms with E-state index in [0.29, 0.717) is 10.2 Å². The molecule has 2 N–H and O–H groups in total. The summed E-state index contributed by atoms with van der Waals surface area (Å²) >= 11 is 3.19. The maximum atomic E-state index is 11.8. The number of halogens is 1. The molecule has 1 aromatic heterocycles. The lowest BCUT2D eigenvalue weighted by atomic mass is 10.2. The van der Waals surface area contributed by atoms with Crippen molar-refractivity contribution in [3.05, 3.63) is 52.4 Å². The summed E-state index contributed by atoms with van der Waals surface area (Å²) in [7, 11) is 0. The van der Waals surface area contributed by atoms with E-state index in [2.05, 4.69) is 21.2 Å². The van der Waals surface area contributed by atoms with Crippen LogP contribution in [0, 0.1) is 0 Å². The molecule has 7 heteroatoms. The minimum Gasteiger partial charge on any atom is -0.507 e. The Morgan fingerprint density at radius 2 is 2.18 bits per heavy atom. The second-order valence-electron chi connectivity index (χ2n) is 4.54. The summed E-state index contributed by atoms with van der Waals surface area (Å²) in [6.45, 7) is 1.30. The van der Waals surface area contributed by atoms with Gasteiger partial charge in [-0.25, -0.2) is 4.79 Å². The molecule has 1 atom stereocenters. The van der Waals surface area contributed by atoms with Crippen LogP contribution in [0.2, 0.25) is 0 Å². The van der Waals surface area contributed by atoms with Crippen molar-refractivity contribution in [3.63, 3.8) is 0 Å². The number of rotatable bonds is 5. The summed E-state index contributed by atoms with van der Waals surface area (Å²) in [6, 6.07) is 7.48. The highest BCUT2D eigenvalue weighted by Crippen LogP contribution is 2.22. The lowest BCUT2D eigenvalue weighted by Crippen LogP contribution is -2.31. The molecule has 0 fully saturated rings. The molecule has 0 aliphatic heterocycles. The van der Waals surface area contributed by atoms with Crippen LogP contribution in [0.5, 0.6) is 5.75 Å². The predicted molar refractivity (Wildman–Crippen MR) is 81.4 cm³/mol. The number of amides is 1. The number of ether oxygens (including phenoxy) is 1. The number of benzene rings is 1. The fraction of sp³-hybridized carbons (Fsp3) is 0.200. The number of phenolic OH excluding ortho intramolecular Hbond substituents is 1. The highest BCUT2D eigenvalue weighted by molar-refractivity contribution is 9.10. The van der Waals surface area contributed by atoms with Crippen molar-refractivity contribution >= 4 is 27.8 Å². The minimum atomic E-state index is -0.778. The Balaban J connectivity index is 1.88. The Bertz CT molecular complexity index is 669. The largest absolute Gasteiger partial charge is 0.507 e. The van der Waals surface area contributed by atoms with E-state index in [9.17, 15) is 14.7 Å². The molecule has 0 spiro atoms. The molecular formula is C15H14BrNO5. The molecule has 116 valence electrons. The van der Waals surface area contributed by atoms with Crippen LogP contribution in [0.15, 0.2) is 45.5 Å². The van der Waals surface area contributed by atoms with Crippen molar-refractivity contribution in [1.29, 1.82) is 0 Å². The Labute approximate surface area is 135 Å². The smallest absolute Gasteiger partial charge is 0.342 e. The maximum absolute atomic E-state index is 11.8.